The lowest BCUT2D eigenvalue weighted by Gasteiger charge is -2.24. The van der Waals surface area contributed by atoms with E-state index in [9.17, 15) is 0 Å². The molecule has 130 valence electrons. The molecule has 1 fully saturated rings. The smallest absolute Gasteiger partial charge is 0.122 e. The second-order valence-electron chi connectivity index (χ2n) is 7.68. The maximum atomic E-state index is 5.52. The third-order valence-corrected chi connectivity index (χ3v) is 6.02. The fraction of sp³-hybridized carbons (Fsp3) is 0.550. The van der Waals surface area contributed by atoms with Crippen LogP contribution in [-0.4, -0.2) is 29.6 Å². The number of ether oxygens (including phenoxy) is 1. The molecule has 1 aliphatic rings. The van der Waals surface area contributed by atoms with E-state index in [4.69, 9.17) is 9.72 Å². The van der Waals surface area contributed by atoms with Gasteiger partial charge in [0.25, 0.3) is 0 Å². The fourth-order valence-corrected chi connectivity index (χ4v) is 4.29. The molecule has 0 amide bonds. The third kappa shape index (κ3) is 3.98. The quantitative estimate of drug-likeness (QED) is 0.789. The minimum Gasteiger partial charge on any atom is -0.496 e. The van der Waals surface area contributed by atoms with Crippen molar-refractivity contribution in [3.63, 3.8) is 0 Å². The molecule has 24 heavy (non-hydrogen) atoms. The Morgan fingerprint density at radius 2 is 2.08 bits per heavy atom. The summed E-state index contributed by atoms with van der Waals surface area (Å²) in [6.45, 7) is 8.83. The van der Waals surface area contributed by atoms with E-state index >= 15 is 0 Å². The Hall–Kier alpha value is -1.39. The van der Waals surface area contributed by atoms with Crippen LogP contribution in [-0.2, 0) is 18.4 Å². The zero-order valence-corrected chi connectivity index (χ0v) is 16.0. The van der Waals surface area contributed by atoms with E-state index in [0.29, 0.717) is 6.04 Å². The number of hydrogen-bond donors (Lipinski definition) is 0. The monoisotopic (exact) mass is 344 g/mol. The summed E-state index contributed by atoms with van der Waals surface area (Å²) in [5.41, 5.74) is 2.67. The number of hydrogen-bond acceptors (Lipinski definition) is 4. The second kappa shape index (κ2) is 7.24. The lowest BCUT2D eigenvalue weighted by Crippen LogP contribution is -2.31. The van der Waals surface area contributed by atoms with Crippen LogP contribution in [0.3, 0.4) is 0 Å². The number of rotatable bonds is 5. The third-order valence-electron chi connectivity index (χ3n) is 4.71. The van der Waals surface area contributed by atoms with Crippen LogP contribution in [0.2, 0.25) is 0 Å². The number of nitrogens with zero attached hydrogens (tertiary/aromatic N) is 2. The first-order chi connectivity index (χ1) is 11.5. The maximum Gasteiger partial charge on any atom is 0.122 e. The van der Waals surface area contributed by atoms with E-state index in [1.165, 1.54) is 35.7 Å². The highest BCUT2D eigenvalue weighted by Gasteiger charge is 2.27. The number of benzene rings is 1. The predicted octanol–water partition coefficient (Wildman–Crippen LogP) is 4.66. The molecule has 4 heteroatoms. The Labute approximate surface area is 149 Å². The van der Waals surface area contributed by atoms with Crippen LogP contribution in [0.5, 0.6) is 5.75 Å². The molecule has 0 N–H and O–H groups in total. The van der Waals surface area contributed by atoms with Crippen LogP contribution in [0.1, 0.15) is 49.9 Å². The first-order valence-electron chi connectivity index (χ1n) is 8.78. The van der Waals surface area contributed by atoms with Gasteiger partial charge in [0.05, 0.1) is 17.8 Å². The summed E-state index contributed by atoms with van der Waals surface area (Å²) in [5, 5.41) is 3.47. The number of aromatic nitrogens is 1. The second-order valence-corrected chi connectivity index (χ2v) is 8.53. The molecule has 0 bridgehead atoms. The van der Waals surface area contributed by atoms with Crippen LogP contribution in [0.15, 0.2) is 29.6 Å². The molecule has 1 saturated heterocycles. The minimum absolute atomic E-state index is 0.144. The van der Waals surface area contributed by atoms with Gasteiger partial charge in [-0.05, 0) is 37.4 Å². The average Bonchev–Trinajstić information content (AvgIpc) is 3.18. The van der Waals surface area contributed by atoms with Gasteiger partial charge in [0.1, 0.15) is 5.75 Å². The molecule has 0 spiro atoms. The highest BCUT2D eigenvalue weighted by Crippen LogP contribution is 2.29. The zero-order chi connectivity index (χ0) is 17.2. The maximum absolute atomic E-state index is 5.52. The minimum atomic E-state index is 0.144. The Kier molecular flexibility index (Phi) is 5.26. The van der Waals surface area contributed by atoms with Crippen LogP contribution < -0.4 is 4.74 Å². The number of methoxy groups -OCH3 is 1. The van der Waals surface area contributed by atoms with Crippen molar-refractivity contribution < 1.29 is 4.74 Å². The molecular weight excluding hydrogens is 316 g/mol. The van der Waals surface area contributed by atoms with Crippen molar-refractivity contribution in [2.24, 2.45) is 0 Å². The van der Waals surface area contributed by atoms with Gasteiger partial charge in [0, 0.05) is 23.4 Å². The standard InChI is InChI=1S/C20H28N2OS/c1-20(2,3)19-21-16(14-24-19)13-22-11-7-9-17(22)12-15-8-5-6-10-18(15)23-4/h5-6,8,10,14,17H,7,9,11-13H2,1-4H3. The highest BCUT2D eigenvalue weighted by molar-refractivity contribution is 7.09. The van der Waals surface area contributed by atoms with Crippen molar-refractivity contribution in [2.45, 2.75) is 58.0 Å². The number of thiazole rings is 1. The van der Waals surface area contributed by atoms with Gasteiger partial charge in [-0.3, -0.25) is 4.90 Å². The molecule has 1 aromatic heterocycles. The van der Waals surface area contributed by atoms with E-state index in [2.05, 4.69) is 49.3 Å². The molecular formula is C20H28N2OS. The molecule has 3 rings (SSSR count). The lowest BCUT2D eigenvalue weighted by atomic mass is 9.98. The highest BCUT2D eigenvalue weighted by atomic mass is 32.1. The van der Waals surface area contributed by atoms with Crippen molar-refractivity contribution >= 4 is 11.3 Å². The number of para-hydroxylation sites is 1. The predicted molar refractivity (Wildman–Crippen MR) is 101 cm³/mol. The molecule has 3 nitrogen and oxygen atoms in total. The van der Waals surface area contributed by atoms with Gasteiger partial charge in [-0.2, -0.15) is 0 Å². The van der Waals surface area contributed by atoms with Crippen molar-refractivity contribution in [2.75, 3.05) is 13.7 Å². The lowest BCUT2D eigenvalue weighted by molar-refractivity contribution is 0.240. The van der Waals surface area contributed by atoms with Gasteiger partial charge in [-0.25, -0.2) is 4.98 Å². The van der Waals surface area contributed by atoms with Crippen molar-refractivity contribution in [1.82, 2.24) is 9.88 Å². The average molecular weight is 345 g/mol. The van der Waals surface area contributed by atoms with Gasteiger partial charge >= 0.3 is 0 Å². The first kappa shape index (κ1) is 17.4. The van der Waals surface area contributed by atoms with Gasteiger partial charge in [-0.1, -0.05) is 39.0 Å². The molecule has 0 aliphatic carbocycles. The number of likely N-dealkylation sites (tertiary alicyclic amines) is 1. The molecule has 2 heterocycles. The Bertz CT molecular complexity index is 674. The Morgan fingerprint density at radius 3 is 2.79 bits per heavy atom. The van der Waals surface area contributed by atoms with Gasteiger partial charge in [0.15, 0.2) is 0 Å². The van der Waals surface area contributed by atoms with Crippen molar-refractivity contribution in [1.29, 1.82) is 0 Å². The van der Waals surface area contributed by atoms with Crippen molar-refractivity contribution in [3.05, 3.63) is 45.9 Å². The van der Waals surface area contributed by atoms with Crippen LogP contribution >= 0.6 is 11.3 Å². The van der Waals surface area contributed by atoms with Gasteiger partial charge in [-0.15, -0.1) is 11.3 Å². The van der Waals surface area contributed by atoms with Crippen molar-refractivity contribution in [3.8, 4) is 5.75 Å². The molecule has 1 atom stereocenters. The van der Waals surface area contributed by atoms with E-state index < -0.39 is 0 Å². The zero-order valence-electron chi connectivity index (χ0n) is 15.2. The Balaban J connectivity index is 1.68. The molecule has 1 unspecified atom stereocenters. The molecule has 2 aromatic rings. The molecule has 0 saturated carbocycles. The van der Waals surface area contributed by atoms with E-state index in [-0.39, 0.29) is 5.41 Å². The molecule has 1 aromatic carbocycles. The summed E-state index contributed by atoms with van der Waals surface area (Å²) in [6.07, 6.45) is 3.59. The Morgan fingerprint density at radius 1 is 1.29 bits per heavy atom. The normalized spacial score (nSPS) is 18.9. The van der Waals surface area contributed by atoms with E-state index in [1.54, 1.807) is 18.4 Å². The summed E-state index contributed by atoms with van der Waals surface area (Å²) in [5.74, 6) is 1.01. The van der Waals surface area contributed by atoms with Crippen LogP contribution in [0.25, 0.3) is 0 Å². The summed E-state index contributed by atoms with van der Waals surface area (Å²) in [7, 11) is 1.76. The topological polar surface area (TPSA) is 25.4 Å². The molecule has 0 radical (unpaired) electrons. The first-order valence-corrected chi connectivity index (χ1v) is 9.66. The van der Waals surface area contributed by atoms with Gasteiger partial charge < -0.3 is 4.74 Å². The molecule has 1 aliphatic heterocycles. The van der Waals surface area contributed by atoms with E-state index in [1.807, 2.05) is 6.07 Å². The SMILES string of the molecule is COc1ccccc1CC1CCCN1Cc1csc(C(C)(C)C)n1. The van der Waals surface area contributed by atoms with E-state index in [0.717, 1.165) is 18.7 Å². The summed E-state index contributed by atoms with van der Waals surface area (Å²) < 4.78 is 5.52. The summed E-state index contributed by atoms with van der Waals surface area (Å²) in [4.78, 5) is 7.46. The fourth-order valence-electron chi connectivity index (χ4n) is 3.39. The summed E-state index contributed by atoms with van der Waals surface area (Å²) in [6, 6.07) is 8.98. The van der Waals surface area contributed by atoms with Crippen LogP contribution in [0, 0.1) is 0 Å². The van der Waals surface area contributed by atoms with Crippen LogP contribution in [0.4, 0.5) is 0 Å². The summed E-state index contributed by atoms with van der Waals surface area (Å²) >= 11 is 1.79. The van der Waals surface area contributed by atoms with Gasteiger partial charge in [0.2, 0.25) is 0 Å². The largest absolute Gasteiger partial charge is 0.496 e.